The molecule has 2 amide bonds. The molecule has 0 atom stereocenters. The maximum atomic E-state index is 12.9. The van der Waals surface area contributed by atoms with E-state index in [2.05, 4.69) is 5.10 Å². The number of aliphatic hydroxyl groups is 1. The number of benzene rings is 2. The van der Waals surface area contributed by atoms with Gasteiger partial charge in [-0.05, 0) is 42.2 Å². The number of carbonyl (C=O) groups is 2. The Morgan fingerprint density at radius 3 is 1.84 bits per heavy atom. The van der Waals surface area contributed by atoms with Gasteiger partial charge in [0.15, 0.2) is 0 Å². The van der Waals surface area contributed by atoms with Gasteiger partial charge in [-0.2, -0.15) is 0 Å². The zero-order chi connectivity index (χ0) is 22.3. The monoisotopic (exact) mass is 432 g/mol. The van der Waals surface area contributed by atoms with Gasteiger partial charge < -0.3 is 20.1 Å². The van der Waals surface area contributed by atoms with Gasteiger partial charge >= 0.3 is 0 Å². The number of nitrogens with zero attached hydrogens (tertiary/aromatic N) is 4. The third-order valence-corrected chi connectivity index (χ3v) is 6.25. The molecule has 32 heavy (non-hydrogen) atoms. The first-order valence-corrected chi connectivity index (χ1v) is 10.7. The maximum Gasteiger partial charge on any atom is 0.254 e. The van der Waals surface area contributed by atoms with Crippen molar-refractivity contribution in [3.05, 3.63) is 66.4 Å². The molecule has 164 valence electrons. The van der Waals surface area contributed by atoms with Crippen LogP contribution in [-0.2, 0) is 4.79 Å². The molecule has 0 radical (unpaired) electrons. The zero-order valence-corrected chi connectivity index (χ0v) is 17.5. The number of hydrogen-bond acceptors (Lipinski definition) is 5. The molecule has 3 aromatic rings. The quantitative estimate of drug-likeness (QED) is 0.617. The first-order chi connectivity index (χ1) is 15.4. The molecule has 1 saturated heterocycles. The lowest BCUT2D eigenvalue weighted by molar-refractivity contribution is -0.143. The van der Waals surface area contributed by atoms with Crippen molar-refractivity contribution in [2.24, 2.45) is 0 Å². The Bertz CT molecular complexity index is 1140. The van der Waals surface area contributed by atoms with E-state index in [-0.39, 0.29) is 11.8 Å². The van der Waals surface area contributed by atoms with Crippen LogP contribution in [-0.4, -0.2) is 73.7 Å². The fourth-order valence-electron chi connectivity index (χ4n) is 4.07. The fourth-order valence-corrected chi connectivity index (χ4v) is 4.07. The third-order valence-electron chi connectivity index (χ3n) is 6.25. The topological polar surface area (TPSA) is 98.9 Å². The van der Waals surface area contributed by atoms with Crippen LogP contribution in [0.4, 0.5) is 0 Å². The van der Waals surface area contributed by atoms with Crippen LogP contribution in [0.15, 0.2) is 60.8 Å². The molecule has 2 aromatic carbocycles. The smallest absolute Gasteiger partial charge is 0.254 e. The molecule has 5 rings (SSSR count). The minimum absolute atomic E-state index is 0.0552. The van der Waals surface area contributed by atoms with Crippen LogP contribution in [0.2, 0.25) is 0 Å². The molecular weight excluding hydrogens is 408 g/mol. The molecule has 1 aliphatic carbocycles. The normalized spacial score (nSPS) is 17.3. The molecule has 1 aromatic heterocycles. The molecule has 8 heteroatoms. The Morgan fingerprint density at radius 1 is 0.781 bits per heavy atom. The van der Waals surface area contributed by atoms with E-state index in [1.165, 1.54) is 6.20 Å². The van der Waals surface area contributed by atoms with Gasteiger partial charge in [0.05, 0.1) is 6.20 Å². The van der Waals surface area contributed by atoms with Gasteiger partial charge in [-0.25, -0.2) is 0 Å². The van der Waals surface area contributed by atoms with Crippen molar-refractivity contribution in [1.29, 1.82) is 0 Å². The molecule has 2 fully saturated rings. The first kappa shape index (κ1) is 20.3. The highest BCUT2D eigenvalue weighted by Gasteiger charge is 2.50. The van der Waals surface area contributed by atoms with Crippen LogP contribution in [0.5, 0.6) is 0 Å². The molecule has 8 nitrogen and oxygen atoms in total. The van der Waals surface area contributed by atoms with Crippen molar-refractivity contribution in [3.63, 3.8) is 0 Å². The molecule has 2 aliphatic rings. The van der Waals surface area contributed by atoms with E-state index in [0.717, 1.165) is 21.5 Å². The van der Waals surface area contributed by atoms with Gasteiger partial charge in [-0.15, -0.1) is 9.94 Å². The van der Waals surface area contributed by atoms with E-state index in [9.17, 15) is 19.9 Å². The summed E-state index contributed by atoms with van der Waals surface area (Å²) >= 11 is 0. The predicted molar refractivity (Wildman–Crippen MR) is 117 cm³/mol. The average molecular weight is 432 g/mol. The van der Waals surface area contributed by atoms with Crippen molar-refractivity contribution in [1.82, 2.24) is 19.7 Å². The molecule has 0 bridgehead atoms. The fraction of sp³-hybridized carbons (Fsp3) is 0.292. The Balaban J connectivity index is 1.22. The number of hydrogen-bond donors (Lipinski definition) is 2. The van der Waals surface area contributed by atoms with E-state index in [4.69, 9.17) is 0 Å². The lowest BCUT2D eigenvalue weighted by atomic mass is 10.0. The summed E-state index contributed by atoms with van der Waals surface area (Å²) in [6.07, 6.45) is 2.60. The van der Waals surface area contributed by atoms with Gasteiger partial charge in [-0.3, -0.25) is 9.59 Å². The Hall–Kier alpha value is -3.65. The zero-order valence-electron chi connectivity index (χ0n) is 17.5. The largest absolute Gasteiger partial charge is 0.411 e. The van der Waals surface area contributed by atoms with E-state index in [0.29, 0.717) is 50.3 Å². The highest BCUT2D eigenvalue weighted by molar-refractivity contribution is 5.95. The van der Waals surface area contributed by atoms with Crippen molar-refractivity contribution >= 4 is 11.8 Å². The number of aromatic nitrogens is 2. The van der Waals surface area contributed by atoms with E-state index in [1.54, 1.807) is 15.9 Å². The van der Waals surface area contributed by atoms with Crippen LogP contribution in [0.3, 0.4) is 0 Å². The Kier molecular flexibility index (Phi) is 4.94. The van der Waals surface area contributed by atoms with E-state index < -0.39 is 5.60 Å². The first-order valence-electron chi connectivity index (χ1n) is 10.7. The summed E-state index contributed by atoms with van der Waals surface area (Å²) in [5, 5.41) is 23.5. The van der Waals surface area contributed by atoms with E-state index >= 15 is 0 Å². The highest BCUT2D eigenvalue weighted by Crippen LogP contribution is 2.37. The van der Waals surface area contributed by atoms with Crippen LogP contribution < -0.4 is 0 Å². The second-order valence-electron chi connectivity index (χ2n) is 8.38. The Labute approximate surface area is 185 Å². The molecule has 0 spiro atoms. The summed E-state index contributed by atoms with van der Waals surface area (Å²) in [5.41, 5.74) is 2.91. The van der Waals surface area contributed by atoms with Crippen molar-refractivity contribution in [2.45, 2.75) is 18.4 Å². The second-order valence-corrected chi connectivity index (χ2v) is 8.38. The summed E-state index contributed by atoms with van der Waals surface area (Å²) < 4.78 is 0. The minimum atomic E-state index is -1.15. The maximum absolute atomic E-state index is 12.9. The lowest BCUT2D eigenvalue weighted by Crippen LogP contribution is -2.53. The number of piperazine rings is 1. The number of amides is 2. The summed E-state index contributed by atoms with van der Waals surface area (Å²) in [6.45, 7) is 1.82. The highest BCUT2D eigenvalue weighted by atomic mass is 16.5. The van der Waals surface area contributed by atoms with Gasteiger partial charge in [0, 0.05) is 37.3 Å². The van der Waals surface area contributed by atoms with Crippen molar-refractivity contribution in [3.8, 4) is 22.4 Å². The Morgan fingerprint density at radius 2 is 1.31 bits per heavy atom. The molecule has 2 N–H and O–H groups in total. The summed E-state index contributed by atoms with van der Waals surface area (Å²) in [7, 11) is 0. The third kappa shape index (κ3) is 3.73. The molecular formula is C24H24N4O4. The van der Waals surface area contributed by atoms with Gasteiger partial charge in [-0.1, -0.05) is 36.4 Å². The molecule has 1 aliphatic heterocycles. The van der Waals surface area contributed by atoms with Crippen LogP contribution in [0.25, 0.3) is 22.4 Å². The second kappa shape index (κ2) is 7.80. The lowest BCUT2D eigenvalue weighted by Gasteiger charge is -2.35. The number of rotatable bonds is 4. The summed E-state index contributed by atoms with van der Waals surface area (Å²) in [6, 6.07) is 17.0. The van der Waals surface area contributed by atoms with Gasteiger partial charge in [0.2, 0.25) is 0 Å². The standard InChI is InChI=1S/C24H24N4O4/c29-22(26-13-15-27(16-14-26)23(30)24(31)10-11-24)20-7-3-18(4-8-20)17-1-5-19(6-2-17)21-9-12-25-28(21)32/h1-9,12,31-32H,10-11,13-16H2. The molecule has 1 saturated carbocycles. The summed E-state index contributed by atoms with van der Waals surface area (Å²) in [5.74, 6) is -0.260. The predicted octanol–water partition coefficient (Wildman–Crippen LogP) is 2.26. The van der Waals surface area contributed by atoms with Crippen molar-refractivity contribution < 1.29 is 19.9 Å². The van der Waals surface area contributed by atoms with Crippen molar-refractivity contribution in [2.75, 3.05) is 26.2 Å². The van der Waals surface area contributed by atoms with E-state index in [1.807, 2.05) is 48.5 Å². The SMILES string of the molecule is O=C(c1ccc(-c2ccc(-c3ccnn3O)cc2)cc1)N1CCN(C(=O)C2(O)CC2)CC1. The number of carbonyl (C=O) groups excluding carboxylic acids is 2. The molecule has 2 heterocycles. The van der Waals surface area contributed by atoms with Gasteiger partial charge in [0.1, 0.15) is 11.3 Å². The minimum Gasteiger partial charge on any atom is -0.411 e. The van der Waals surface area contributed by atoms with Crippen LogP contribution >= 0.6 is 0 Å². The van der Waals surface area contributed by atoms with Gasteiger partial charge in [0.25, 0.3) is 11.8 Å². The molecule has 0 unspecified atom stereocenters. The summed E-state index contributed by atoms with van der Waals surface area (Å²) in [4.78, 5) is 29.4. The van der Waals surface area contributed by atoms with Crippen LogP contribution in [0.1, 0.15) is 23.2 Å². The van der Waals surface area contributed by atoms with Crippen LogP contribution in [0, 0.1) is 0 Å². The average Bonchev–Trinajstić information content (AvgIpc) is 3.45.